The van der Waals surface area contributed by atoms with Crippen LogP contribution in [-0.4, -0.2) is 31.3 Å². The maximum Gasteiger partial charge on any atom is 0.407 e. The Bertz CT molecular complexity index is 222. The molecule has 2 N–H and O–H groups in total. The first-order valence-electron chi connectivity index (χ1n) is 6.38. The van der Waals surface area contributed by atoms with Gasteiger partial charge in [-0.2, -0.15) is 0 Å². The van der Waals surface area contributed by atoms with E-state index in [-0.39, 0.29) is 6.09 Å². The summed E-state index contributed by atoms with van der Waals surface area (Å²) in [6, 6.07) is 0. The van der Waals surface area contributed by atoms with E-state index in [1.807, 2.05) is 20.8 Å². The van der Waals surface area contributed by atoms with Crippen LogP contribution in [0.3, 0.4) is 0 Å². The Morgan fingerprint density at radius 2 is 1.71 bits per heavy atom. The fourth-order valence-corrected chi connectivity index (χ4v) is 1.26. The summed E-state index contributed by atoms with van der Waals surface area (Å²) in [5.74, 6) is 1.06. The standard InChI is InChI=1S/C13H28N2O2/c1-10(2)7-14-8-11(3)9-15-12(16)17-13(4,5)6/h10-11,14H,7-9H2,1-6H3,(H,15,16). The van der Waals surface area contributed by atoms with E-state index < -0.39 is 5.60 Å². The zero-order chi connectivity index (χ0) is 13.5. The van der Waals surface area contributed by atoms with Gasteiger partial charge in [0.05, 0.1) is 0 Å². The SMILES string of the molecule is CC(C)CNCC(C)CNC(=O)OC(C)(C)C. The smallest absolute Gasteiger partial charge is 0.407 e. The Kier molecular flexibility index (Phi) is 7.19. The normalized spacial score (nSPS) is 13.6. The molecule has 4 nitrogen and oxygen atoms in total. The maximum atomic E-state index is 11.4. The van der Waals surface area contributed by atoms with Gasteiger partial charge in [0.2, 0.25) is 0 Å². The molecule has 0 aliphatic heterocycles. The number of hydrogen-bond donors (Lipinski definition) is 2. The van der Waals surface area contributed by atoms with Crippen molar-refractivity contribution in [3.8, 4) is 0 Å². The monoisotopic (exact) mass is 244 g/mol. The Balaban J connectivity index is 3.62. The molecule has 102 valence electrons. The summed E-state index contributed by atoms with van der Waals surface area (Å²) >= 11 is 0. The van der Waals surface area contributed by atoms with Crippen LogP contribution in [0.4, 0.5) is 4.79 Å². The van der Waals surface area contributed by atoms with Crippen molar-refractivity contribution in [3.63, 3.8) is 0 Å². The second-order valence-electron chi connectivity index (χ2n) is 6.04. The summed E-state index contributed by atoms with van der Waals surface area (Å²) in [6.45, 7) is 14.6. The summed E-state index contributed by atoms with van der Waals surface area (Å²) < 4.78 is 5.16. The van der Waals surface area contributed by atoms with Crippen LogP contribution >= 0.6 is 0 Å². The lowest BCUT2D eigenvalue weighted by atomic mass is 10.1. The molecule has 1 unspecified atom stereocenters. The average Bonchev–Trinajstić information content (AvgIpc) is 2.11. The second-order valence-corrected chi connectivity index (χ2v) is 6.04. The molecule has 0 aromatic carbocycles. The van der Waals surface area contributed by atoms with Gasteiger partial charge in [0, 0.05) is 6.54 Å². The van der Waals surface area contributed by atoms with Crippen LogP contribution < -0.4 is 10.6 Å². The van der Waals surface area contributed by atoms with Crippen molar-refractivity contribution in [2.75, 3.05) is 19.6 Å². The first-order chi connectivity index (χ1) is 7.70. The number of nitrogens with one attached hydrogen (secondary N) is 2. The van der Waals surface area contributed by atoms with Crippen molar-refractivity contribution >= 4 is 6.09 Å². The molecule has 0 bridgehead atoms. The highest BCUT2D eigenvalue weighted by atomic mass is 16.6. The minimum absolute atomic E-state index is 0.340. The molecule has 0 aromatic rings. The van der Waals surface area contributed by atoms with Crippen LogP contribution in [0.1, 0.15) is 41.5 Å². The van der Waals surface area contributed by atoms with Gasteiger partial charge in [0.25, 0.3) is 0 Å². The summed E-state index contributed by atoms with van der Waals surface area (Å²) in [7, 11) is 0. The summed E-state index contributed by atoms with van der Waals surface area (Å²) in [5.41, 5.74) is -0.427. The number of carbonyl (C=O) groups excluding carboxylic acids is 1. The minimum Gasteiger partial charge on any atom is -0.444 e. The van der Waals surface area contributed by atoms with Gasteiger partial charge in [-0.3, -0.25) is 0 Å². The van der Waals surface area contributed by atoms with Gasteiger partial charge in [0.15, 0.2) is 0 Å². The molecule has 0 rings (SSSR count). The molecule has 4 heteroatoms. The van der Waals surface area contributed by atoms with E-state index in [9.17, 15) is 4.79 Å². The predicted molar refractivity (Wildman–Crippen MR) is 71.1 cm³/mol. The molecule has 0 aliphatic rings. The third kappa shape index (κ3) is 11.5. The molecular weight excluding hydrogens is 216 g/mol. The van der Waals surface area contributed by atoms with Crippen LogP contribution in [0.15, 0.2) is 0 Å². The lowest BCUT2D eigenvalue weighted by molar-refractivity contribution is 0.0520. The van der Waals surface area contributed by atoms with E-state index >= 15 is 0 Å². The lowest BCUT2D eigenvalue weighted by Gasteiger charge is -2.21. The largest absolute Gasteiger partial charge is 0.444 e. The highest BCUT2D eigenvalue weighted by Gasteiger charge is 2.16. The van der Waals surface area contributed by atoms with Gasteiger partial charge >= 0.3 is 6.09 Å². The molecule has 1 amide bonds. The van der Waals surface area contributed by atoms with Gasteiger partial charge in [-0.1, -0.05) is 20.8 Å². The zero-order valence-corrected chi connectivity index (χ0v) is 12.1. The Labute approximate surface area is 105 Å². The molecule has 0 heterocycles. The third-order valence-electron chi connectivity index (χ3n) is 2.04. The maximum absolute atomic E-state index is 11.4. The van der Waals surface area contributed by atoms with Crippen molar-refractivity contribution in [2.24, 2.45) is 11.8 Å². The Hall–Kier alpha value is -0.770. The van der Waals surface area contributed by atoms with E-state index in [4.69, 9.17) is 4.74 Å². The number of hydrogen-bond acceptors (Lipinski definition) is 3. The minimum atomic E-state index is -0.427. The van der Waals surface area contributed by atoms with Crippen molar-refractivity contribution in [2.45, 2.75) is 47.1 Å². The van der Waals surface area contributed by atoms with Crippen molar-refractivity contribution in [1.82, 2.24) is 10.6 Å². The van der Waals surface area contributed by atoms with Crippen LogP contribution in [0, 0.1) is 11.8 Å². The molecule has 17 heavy (non-hydrogen) atoms. The van der Waals surface area contributed by atoms with Crippen LogP contribution in [0.2, 0.25) is 0 Å². The number of ether oxygens (including phenoxy) is 1. The Morgan fingerprint density at radius 1 is 1.12 bits per heavy atom. The molecule has 0 fully saturated rings. The van der Waals surface area contributed by atoms with E-state index in [1.165, 1.54) is 0 Å². The van der Waals surface area contributed by atoms with E-state index in [0.717, 1.165) is 13.1 Å². The first-order valence-corrected chi connectivity index (χ1v) is 6.38. The highest BCUT2D eigenvalue weighted by Crippen LogP contribution is 2.06. The summed E-state index contributed by atoms with van der Waals surface area (Å²) in [6.07, 6.45) is -0.340. The molecular formula is C13H28N2O2. The fraction of sp³-hybridized carbons (Fsp3) is 0.923. The highest BCUT2D eigenvalue weighted by molar-refractivity contribution is 5.67. The van der Waals surface area contributed by atoms with Crippen molar-refractivity contribution in [3.05, 3.63) is 0 Å². The molecule has 0 aliphatic carbocycles. The van der Waals surface area contributed by atoms with Gasteiger partial charge in [-0.25, -0.2) is 4.79 Å². The topological polar surface area (TPSA) is 50.4 Å². The van der Waals surface area contributed by atoms with Crippen molar-refractivity contribution < 1.29 is 9.53 Å². The lowest BCUT2D eigenvalue weighted by Crippen LogP contribution is -2.37. The summed E-state index contributed by atoms with van der Waals surface area (Å²) in [5, 5.41) is 6.14. The quantitative estimate of drug-likeness (QED) is 0.754. The van der Waals surface area contributed by atoms with Gasteiger partial charge in [-0.15, -0.1) is 0 Å². The van der Waals surface area contributed by atoms with E-state index in [1.54, 1.807) is 0 Å². The Morgan fingerprint density at radius 3 is 2.18 bits per heavy atom. The van der Waals surface area contributed by atoms with Crippen molar-refractivity contribution in [1.29, 1.82) is 0 Å². The molecule has 0 aromatic heterocycles. The zero-order valence-electron chi connectivity index (χ0n) is 12.1. The summed E-state index contributed by atoms with van der Waals surface area (Å²) in [4.78, 5) is 11.4. The average molecular weight is 244 g/mol. The van der Waals surface area contributed by atoms with Gasteiger partial charge in [0.1, 0.15) is 5.60 Å². The van der Waals surface area contributed by atoms with E-state index in [0.29, 0.717) is 18.4 Å². The second kappa shape index (κ2) is 7.54. The number of alkyl carbamates (subject to hydrolysis) is 1. The van der Waals surface area contributed by atoms with Crippen LogP contribution in [0.5, 0.6) is 0 Å². The molecule has 1 atom stereocenters. The van der Waals surface area contributed by atoms with Gasteiger partial charge < -0.3 is 15.4 Å². The fourth-order valence-electron chi connectivity index (χ4n) is 1.26. The number of carbonyl (C=O) groups is 1. The molecule has 0 spiro atoms. The molecule has 0 saturated heterocycles. The number of amides is 1. The third-order valence-corrected chi connectivity index (χ3v) is 2.04. The predicted octanol–water partition coefficient (Wildman–Crippen LogP) is 2.39. The molecule has 0 radical (unpaired) electrons. The first kappa shape index (κ1) is 16.2. The van der Waals surface area contributed by atoms with Crippen LogP contribution in [-0.2, 0) is 4.74 Å². The van der Waals surface area contributed by atoms with Crippen LogP contribution in [0.25, 0.3) is 0 Å². The number of rotatable bonds is 6. The van der Waals surface area contributed by atoms with E-state index in [2.05, 4.69) is 31.4 Å². The molecule has 0 saturated carbocycles. The van der Waals surface area contributed by atoms with Gasteiger partial charge in [-0.05, 0) is 45.7 Å².